The summed E-state index contributed by atoms with van der Waals surface area (Å²) in [6, 6.07) is 0. The maximum absolute atomic E-state index is 13.0. The quantitative estimate of drug-likeness (QED) is 0.368. The van der Waals surface area contributed by atoms with Gasteiger partial charge in [0.2, 0.25) is 0 Å². The molecule has 2 aliphatic carbocycles. The summed E-state index contributed by atoms with van der Waals surface area (Å²) < 4.78 is 11.8. The lowest BCUT2D eigenvalue weighted by Gasteiger charge is -2.61. The van der Waals surface area contributed by atoms with Gasteiger partial charge in [0.15, 0.2) is 8.32 Å². The van der Waals surface area contributed by atoms with Crippen LogP contribution in [0.2, 0.25) is 18.1 Å². The van der Waals surface area contributed by atoms with Crippen LogP contribution < -0.4 is 0 Å². The second-order valence-electron chi connectivity index (χ2n) is 12.0. The van der Waals surface area contributed by atoms with E-state index in [9.17, 15) is 19.5 Å². The Hall–Kier alpha value is -1.21. The lowest BCUT2D eigenvalue weighted by atomic mass is 9.45. The van der Waals surface area contributed by atoms with Gasteiger partial charge in [0.1, 0.15) is 5.78 Å². The Morgan fingerprint density at radius 3 is 2.31 bits per heavy atom. The van der Waals surface area contributed by atoms with Gasteiger partial charge < -0.3 is 14.3 Å². The molecule has 184 valence electrons. The fourth-order valence-corrected chi connectivity index (χ4v) is 7.57. The third-order valence-corrected chi connectivity index (χ3v) is 13.6. The summed E-state index contributed by atoms with van der Waals surface area (Å²) in [5.41, 5.74) is -0.588. The Morgan fingerprint density at radius 2 is 1.78 bits per heavy atom. The number of fused-ring (bicyclic) bond motifs is 1. The minimum atomic E-state index is -2.06. The van der Waals surface area contributed by atoms with Gasteiger partial charge in [0.05, 0.1) is 13.2 Å². The summed E-state index contributed by atoms with van der Waals surface area (Å²) in [4.78, 5) is 36.4. The first-order chi connectivity index (χ1) is 14.6. The van der Waals surface area contributed by atoms with E-state index in [2.05, 4.69) is 47.7 Å². The Labute approximate surface area is 194 Å². The average Bonchev–Trinajstić information content (AvgIpc) is 2.67. The largest absolute Gasteiger partial charge is 0.481 e. The van der Waals surface area contributed by atoms with Gasteiger partial charge in [-0.1, -0.05) is 34.6 Å². The van der Waals surface area contributed by atoms with Gasteiger partial charge in [-0.3, -0.25) is 14.4 Å². The molecule has 0 aromatic rings. The van der Waals surface area contributed by atoms with Crippen LogP contribution in [0, 0.1) is 22.7 Å². The van der Waals surface area contributed by atoms with Crippen molar-refractivity contribution in [1.82, 2.24) is 0 Å². The van der Waals surface area contributed by atoms with Crippen molar-refractivity contribution in [2.75, 3.05) is 7.11 Å². The maximum Gasteiger partial charge on any atom is 0.305 e. The SMILES string of the molecule is COC(=O)CCC1C(=O)CCC2C(C)(CCC(=O)O)C(O[Si](C)(C)C(C)(C)C)CCC12C. The van der Waals surface area contributed by atoms with E-state index in [4.69, 9.17) is 9.16 Å². The first-order valence-electron chi connectivity index (χ1n) is 12.1. The van der Waals surface area contributed by atoms with Gasteiger partial charge in [0.25, 0.3) is 0 Å². The first-order valence-corrected chi connectivity index (χ1v) is 15.0. The maximum atomic E-state index is 13.0. The number of hydrogen-bond acceptors (Lipinski definition) is 5. The molecule has 0 spiro atoms. The Bertz CT molecular complexity index is 726. The number of carbonyl (C=O) groups excluding carboxylic acids is 2. The predicted molar refractivity (Wildman–Crippen MR) is 127 cm³/mol. The molecule has 7 heteroatoms. The van der Waals surface area contributed by atoms with Gasteiger partial charge in [-0.25, -0.2) is 0 Å². The molecule has 0 saturated heterocycles. The van der Waals surface area contributed by atoms with E-state index in [1.165, 1.54) is 7.11 Å². The van der Waals surface area contributed by atoms with E-state index in [0.29, 0.717) is 19.3 Å². The van der Waals surface area contributed by atoms with Crippen molar-refractivity contribution in [3.05, 3.63) is 0 Å². The second kappa shape index (κ2) is 9.57. The second-order valence-corrected chi connectivity index (χ2v) is 16.8. The van der Waals surface area contributed by atoms with Crippen molar-refractivity contribution in [1.29, 1.82) is 0 Å². The topological polar surface area (TPSA) is 89.9 Å². The molecular weight excluding hydrogens is 424 g/mol. The highest BCUT2D eigenvalue weighted by molar-refractivity contribution is 6.74. The molecule has 5 atom stereocenters. The molecule has 2 aliphatic rings. The monoisotopic (exact) mass is 468 g/mol. The summed E-state index contributed by atoms with van der Waals surface area (Å²) >= 11 is 0. The van der Waals surface area contributed by atoms with Crippen LogP contribution in [-0.2, 0) is 23.5 Å². The zero-order valence-corrected chi connectivity index (χ0v) is 22.4. The van der Waals surface area contributed by atoms with Crippen LogP contribution in [0.1, 0.15) is 86.0 Å². The van der Waals surface area contributed by atoms with Gasteiger partial charge in [-0.05, 0) is 67.0 Å². The van der Waals surface area contributed by atoms with E-state index in [-0.39, 0.29) is 58.4 Å². The summed E-state index contributed by atoms with van der Waals surface area (Å²) in [5.74, 6) is -0.862. The number of hydrogen-bond donors (Lipinski definition) is 1. The van der Waals surface area contributed by atoms with Crippen LogP contribution in [0.15, 0.2) is 0 Å². The summed E-state index contributed by atoms with van der Waals surface area (Å²) in [6.45, 7) is 15.6. The molecule has 1 N–H and O–H groups in total. The predicted octanol–water partition coefficient (Wildman–Crippen LogP) is 5.60. The van der Waals surface area contributed by atoms with Gasteiger partial charge in [-0.15, -0.1) is 0 Å². The number of ketones is 1. The van der Waals surface area contributed by atoms with Gasteiger partial charge in [-0.2, -0.15) is 0 Å². The molecular formula is C25H44O6Si. The molecule has 0 aromatic heterocycles. The molecule has 0 radical (unpaired) electrons. The van der Waals surface area contributed by atoms with Crippen molar-refractivity contribution < 1.29 is 28.7 Å². The van der Waals surface area contributed by atoms with Crippen LogP contribution >= 0.6 is 0 Å². The number of carboxylic acid groups (broad SMARTS) is 1. The minimum Gasteiger partial charge on any atom is -0.481 e. The van der Waals surface area contributed by atoms with Crippen LogP contribution in [0.3, 0.4) is 0 Å². The zero-order valence-electron chi connectivity index (χ0n) is 21.4. The molecule has 0 aliphatic heterocycles. The zero-order chi connectivity index (χ0) is 24.5. The fourth-order valence-electron chi connectivity index (χ4n) is 6.12. The van der Waals surface area contributed by atoms with Crippen LogP contribution in [0.25, 0.3) is 0 Å². The van der Waals surface area contributed by atoms with Crippen LogP contribution in [0.4, 0.5) is 0 Å². The van der Waals surface area contributed by atoms with Crippen molar-refractivity contribution in [2.45, 2.75) is 110 Å². The molecule has 0 bridgehead atoms. The average molecular weight is 469 g/mol. The molecule has 0 aromatic carbocycles. The number of aliphatic carboxylic acids is 1. The standard InChI is InChI=1S/C25H44O6Si/c1-23(2,3)32(7,8)31-20-13-15-24(4)17(9-12-22(29)30-6)18(26)10-11-19(24)25(20,5)16-14-21(27)28/h17,19-20H,9-16H2,1-8H3,(H,27,28). The number of rotatable bonds is 8. The van der Waals surface area contributed by atoms with E-state index >= 15 is 0 Å². The highest BCUT2D eigenvalue weighted by Gasteiger charge is 2.60. The smallest absolute Gasteiger partial charge is 0.305 e. The number of carbonyl (C=O) groups is 3. The number of methoxy groups -OCH3 is 1. The summed E-state index contributed by atoms with van der Waals surface area (Å²) in [6.07, 6.45) is 4.29. The number of esters is 1. The van der Waals surface area contributed by atoms with Crippen molar-refractivity contribution in [2.24, 2.45) is 22.7 Å². The molecule has 0 amide bonds. The normalized spacial score (nSPS) is 33.5. The number of ether oxygens (including phenoxy) is 1. The van der Waals surface area contributed by atoms with Crippen molar-refractivity contribution in [3.8, 4) is 0 Å². The Morgan fingerprint density at radius 1 is 1.16 bits per heavy atom. The minimum absolute atomic E-state index is 0.0183. The van der Waals surface area contributed by atoms with Crippen molar-refractivity contribution in [3.63, 3.8) is 0 Å². The lowest BCUT2D eigenvalue weighted by molar-refractivity contribution is -0.165. The first kappa shape index (κ1) is 27.0. The van der Waals surface area contributed by atoms with Gasteiger partial charge >= 0.3 is 11.9 Å². The third-order valence-electron chi connectivity index (χ3n) is 9.12. The lowest BCUT2D eigenvalue weighted by Crippen LogP contribution is -2.60. The molecule has 32 heavy (non-hydrogen) atoms. The molecule has 0 heterocycles. The Kier molecular flexibility index (Phi) is 8.09. The molecule has 6 nitrogen and oxygen atoms in total. The van der Waals surface area contributed by atoms with Crippen LogP contribution in [-0.4, -0.2) is 44.4 Å². The molecule has 2 saturated carbocycles. The molecule has 2 rings (SSSR count). The highest BCUT2D eigenvalue weighted by Crippen LogP contribution is 2.62. The van der Waals surface area contributed by atoms with E-state index in [0.717, 1.165) is 19.3 Å². The van der Waals surface area contributed by atoms with Gasteiger partial charge in [0, 0.05) is 25.2 Å². The number of carboxylic acids is 1. The summed E-state index contributed by atoms with van der Waals surface area (Å²) in [5, 5.41) is 9.56. The molecule has 2 fully saturated rings. The molecule has 5 unspecified atom stereocenters. The van der Waals surface area contributed by atoms with E-state index in [1.807, 2.05) is 0 Å². The van der Waals surface area contributed by atoms with Crippen molar-refractivity contribution >= 4 is 26.0 Å². The van der Waals surface area contributed by atoms with Crippen LogP contribution in [0.5, 0.6) is 0 Å². The Balaban J connectivity index is 2.41. The fraction of sp³-hybridized carbons (Fsp3) is 0.880. The van der Waals surface area contributed by atoms with E-state index < -0.39 is 14.3 Å². The third kappa shape index (κ3) is 5.30. The summed E-state index contributed by atoms with van der Waals surface area (Å²) in [7, 11) is -0.682. The highest BCUT2D eigenvalue weighted by atomic mass is 28.4. The number of Topliss-reactive ketones (excluding diaryl/α,β-unsaturated/α-hetero) is 1. The van der Waals surface area contributed by atoms with E-state index in [1.54, 1.807) is 0 Å².